The van der Waals surface area contributed by atoms with Gasteiger partial charge in [0.1, 0.15) is 0 Å². The van der Waals surface area contributed by atoms with Gasteiger partial charge in [-0.3, -0.25) is 4.79 Å². The number of halogens is 4. The van der Waals surface area contributed by atoms with E-state index in [1.54, 1.807) is 0 Å². The molecule has 13 heavy (non-hydrogen) atoms. The lowest BCUT2D eigenvalue weighted by atomic mass is 10.2. The molecule has 0 radical (unpaired) electrons. The maximum Gasteiger partial charge on any atom is 0.269 e. The predicted molar refractivity (Wildman–Crippen MR) is 54.3 cm³/mol. The Hall–Kier alpha value is -0.170. The van der Waals surface area contributed by atoms with Crippen LogP contribution in [0, 0.1) is 3.57 Å². The van der Waals surface area contributed by atoms with Gasteiger partial charge in [-0.05, 0) is 28.2 Å². The highest BCUT2D eigenvalue weighted by Crippen LogP contribution is 2.23. The minimum Gasteiger partial charge on any atom is -0.328 e. The van der Waals surface area contributed by atoms with Gasteiger partial charge in [-0.1, -0.05) is 0 Å². The number of hydrogen-bond acceptors (Lipinski definition) is 1. The molecule has 1 aromatic heterocycles. The molecule has 0 amide bonds. The first-order valence-corrected chi connectivity index (χ1v) is 4.93. The van der Waals surface area contributed by atoms with Crippen molar-refractivity contribution in [1.29, 1.82) is 0 Å². The fourth-order valence-electron chi connectivity index (χ4n) is 0.926. The van der Waals surface area contributed by atoms with Crippen molar-refractivity contribution in [3.63, 3.8) is 0 Å². The number of H-pyrrole nitrogens is 1. The number of rotatable bonds is 2. The first-order chi connectivity index (χ1) is 6.07. The summed E-state index contributed by atoms with van der Waals surface area (Å²) in [5, 5.41) is 0. The van der Waals surface area contributed by atoms with E-state index in [9.17, 15) is 13.6 Å². The highest BCUT2D eigenvalue weighted by molar-refractivity contribution is 14.1. The van der Waals surface area contributed by atoms with Crippen LogP contribution in [0.25, 0.3) is 0 Å². The lowest BCUT2D eigenvalue weighted by molar-refractivity contribution is 0.148. The normalized spacial score (nSPS) is 10.8. The van der Waals surface area contributed by atoms with Crippen LogP contribution in [0.2, 0.25) is 0 Å². The summed E-state index contributed by atoms with van der Waals surface area (Å²) < 4.78 is 25.3. The Morgan fingerprint density at radius 3 is 2.62 bits per heavy atom. The van der Waals surface area contributed by atoms with Gasteiger partial charge in [0.25, 0.3) is 12.0 Å². The summed E-state index contributed by atoms with van der Waals surface area (Å²) in [6, 6.07) is 0. The van der Waals surface area contributed by atoms with Crippen molar-refractivity contribution in [2.24, 2.45) is 0 Å². The van der Waals surface area contributed by atoms with Crippen LogP contribution >= 0.6 is 34.2 Å². The maximum atomic E-state index is 12.4. The molecule has 2 nitrogen and oxygen atoms in total. The standard InChI is InChI=1S/C7H5ClF2INO/c8-1-3-4(11)2-12-7(13)5(3)6(9)10/h2,6H,1H2,(H,12,13). The van der Waals surface area contributed by atoms with Crippen molar-refractivity contribution < 1.29 is 8.78 Å². The van der Waals surface area contributed by atoms with E-state index in [0.29, 0.717) is 3.57 Å². The molecule has 0 aromatic carbocycles. The van der Waals surface area contributed by atoms with Crippen LogP contribution in [0.4, 0.5) is 8.78 Å². The minimum atomic E-state index is -2.78. The van der Waals surface area contributed by atoms with E-state index < -0.39 is 17.5 Å². The van der Waals surface area contributed by atoms with E-state index in [-0.39, 0.29) is 11.4 Å². The van der Waals surface area contributed by atoms with Gasteiger partial charge in [-0.2, -0.15) is 0 Å². The zero-order valence-corrected chi connectivity index (χ0v) is 9.20. The van der Waals surface area contributed by atoms with Crippen LogP contribution in [-0.2, 0) is 5.88 Å². The first kappa shape index (κ1) is 10.9. The Morgan fingerprint density at radius 1 is 1.62 bits per heavy atom. The summed E-state index contributed by atoms with van der Waals surface area (Å²) in [6.07, 6.45) is -1.42. The zero-order chi connectivity index (χ0) is 10.0. The monoisotopic (exact) mass is 319 g/mol. The average Bonchev–Trinajstić information content (AvgIpc) is 2.07. The van der Waals surface area contributed by atoms with Crippen LogP contribution in [0.1, 0.15) is 17.6 Å². The topological polar surface area (TPSA) is 32.9 Å². The molecule has 0 fully saturated rings. The Morgan fingerprint density at radius 2 is 2.23 bits per heavy atom. The molecule has 0 saturated heterocycles. The summed E-state index contributed by atoms with van der Waals surface area (Å²) in [4.78, 5) is 13.2. The lowest BCUT2D eigenvalue weighted by Crippen LogP contribution is -2.16. The molecule has 0 aliphatic carbocycles. The molecule has 0 aliphatic heterocycles. The smallest absolute Gasteiger partial charge is 0.269 e. The Kier molecular flexibility index (Phi) is 3.66. The third kappa shape index (κ3) is 2.19. The number of hydrogen-bond donors (Lipinski definition) is 1. The van der Waals surface area contributed by atoms with Crippen LogP contribution in [0.3, 0.4) is 0 Å². The van der Waals surface area contributed by atoms with Gasteiger partial charge >= 0.3 is 0 Å². The zero-order valence-electron chi connectivity index (χ0n) is 6.28. The molecule has 0 atom stereocenters. The van der Waals surface area contributed by atoms with E-state index in [1.807, 2.05) is 22.6 Å². The SMILES string of the molecule is O=c1[nH]cc(I)c(CCl)c1C(F)F. The second-order valence-corrected chi connectivity index (χ2v) is 3.72. The summed E-state index contributed by atoms with van der Waals surface area (Å²) in [7, 11) is 0. The van der Waals surface area contributed by atoms with Crippen LogP contribution < -0.4 is 5.56 Å². The van der Waals surface area contributed by atoms with E-state index in [2.05, 4.69) is 4.98 Å². The molecule has 1 aromatic rings. The van der Waals surface area contributed by atoms with Crippen molar-refractivity contribution in [2.75, 3.05) is 0 Å². The number of nitrogens with one attached hydrogen (secondary N) is 1. The first-order valence-electron chi connectivity index (χ1n) is 3.32. The van der Waals surface area contributed by atoms with Gasteiger partial charge in [-0.25, -0.2) is 8.78 Å². The lowest BCUT2D eigenvalue weighted by Gasteiger charge is -2.06. The number of aromatic nitrogens is 1. The minimum absolute atomic E-state index is 0.0815. The van der Waals surface area contributed by atoms with Gasteiger partial charge < -0.3 is 4.98 Å². The second kappa shape index (κ2) is 4.36. The number of pyridine rings is 1. The van der Waals surface area contributed by atoms with Crippen LogP contribution in [-0.4, -0.2) is 4.98 Å². The molecule has 6 heteroatoms. The molecule has 1 rings (SSSR count). The third-order valence-electron chi connectivity index (χ3n) is 1.54. The number of aromatic amines is 1. The molecule has 0 saturated carbocycles. The summed E-state index contributed by atoms with van der Waals surface area (Å²) >= 11 is 7.31. The molecule has 0 spiro atoms. The van der Waals surface area contributed by atoms with Crippen molar-refractivity contribution in [3.8, 4) is 0 Å². The molecular formula is C7H5ClF2INO. The van der Waals surface area contributed by atoms with Gasteiger partial charge in [0.15, 0.2) is 0 Å². The Balaban J connectivity index is 3.44. The van der Waals surface area contributed by atoms with Crippen molar-refractivity contribution in [3.05, 3.63) is 31.2 Å². The largest absolute Gasteiger partial charge is 0.328 e. The van der Waals surface area contributed by atoms with Gasteiger partial charge in [0.05, 0.1) is 5.56 Å². The molecule has 1 heterocycles. The van der Waals surface area contributed by atoms with E-state index in [0.717, 1.165) is 0 Å². The van der Waals surface area contributed by atoms with Gasteiger partial charge in [0.2, 0.25) is 0 Å². The fraction of sp³-hybridized carbons (Fsp3) is 0.286. The molecule has 72 valence electrons. The quantitative estimate of drug-likeness (QED) is 0.660. The molecule has 0 unspecified atom stereocenters. The summed E-state index contributed by atoms with van der Waals surface area (Å²) in [5.41, 5.74) is -1.09. The summed E-state index contributed by atoms with van der Waals surface area (Å²) in [5.74, 6) is -0.0815. The van der Waals surface area contributed by atoms with Gasteiger partial charge in [-0.15, -0.1) is 11.6 Å². The molecule has 1 N–H and O–H groups in total. The van der Waals surface area contributed by atoms with E-state index in [4.69, 9.17) is 11.6 Å². The highest BCUT2D eigenvalue weighted by Gasteiger charge is 2.18. The fourth-order valence-corrected chi connectivity index (χ4v) is 2.08. The van der Waals surface area contributed by atoms with Crippen LogP contribution in [0.15, 0.2) is 11.0 Å². The molecular weight excluding hydrogens is 314 g/mol. The average molecular weight is 319 g/mol. The van der Waals surface area contributed by atoms with Crippen molar-refractivity contribution >= 4 is 34.2 Å². The van der Waals surface area contributed by atoms with Gasteiger partial charge in [0, 0.05) is 15.6 Å². The van der Waals surface area contributed by atoms with Crippen molar-refractivity contribution in [1.82, 2.24) is 4.98 Å². The third-order valence-corrected chi connectivity index (χ3v) is 2.77. The summed E-state index contributed by atoms with van der Waals surface area (Å²) in [6.45, 7) is 0. The predicted octanol–water partition coefficient (Wildman–Crippen LogP) is 2.66. The Labute approximate surface area is 91.4 Å². The molecule has 0 bridgehead atoms. The maximum absolute atomic E-state index is 12.4. The highest BCUT2D eigenvalue weighted by atomic mass is 127. The number of alkyl halides is 3. The van der Waals surface area contributed by atoms with Crippen LogP contribution in [0.5, 0.6) is 0 Å². The second-order valence-electron chi connectivity index (χ2n) is 2.29. The Bertz CT molecular complexity index is 366. The van der Waals surface area contributed by atoms with E-state index >= 15 is 0 Å². The molecule has 0 aliphatic rings. The van der Waals surface area contributed by atoms with Crippen molar-refractivity contribution in [2.45, 2.75) is 12.3 Å². The van der Waals surface area contributed by atoms with E-state index in [1.165, 1.54) is 6.20 Å².